The fraction of sp³-hybridized carbons (Fsp3) is 0.462. The van der Waals surface area contributed by atoms with E-state index in [-0.39, 0.29) is 18.9 Å². The van der Waals surface area contributed by atoms with Crippen LogP contribution in [0.3, 0.4) is 0 Å². The summed E-state index contributed by atoms with van der Waals surface area (Å²) in [5, 5.41) is 2.22. The van der Waals surface area contributed by atoms with Crippen LogP contribution in [0.25, 0.3) is 0 Å². The molecule has 2 amide bonds. The average molecular weight is 280 g/mol. The highest BCUT2D eigenvalue weighted by Gasteiger charge is 2.30. The third kappa shape index (κ3) is 4.38. The maximum atomic E-state index is 12.0. The molecule has 0 aliphatic carbocycles. The largest absolute Gasteiger partial charge is 0.442 e. The normalized spacial score (nSPS) is 15.2. The van der Waals surface area contributed by atoms with Gasteiger partial charge in [-0.1, -0.05) is 18.1 Å². The van der Waals surface area contributed by atoms with Crippen LogP contribution in [-0.2, 0) is 9.53 Å². The quantitative estimate of drug-likeness (QED) is 0.572. The highest BCUT2D eigenvalue weighted by atomic mass is 32.1. The minimum absolute atomic E-state index is 0.0578. The van der Waals surface area contributed by atoms with Crippen LogP contribution in [0.5, 0.6) is 0 Å². The van der Waals surface area contributed by atoms with Gasteiger partial charge in [0.05, 0.1) is 6.42 Å². The topological polar surface area (TPSA) is 49.9 Å². The van der Waals surface area contributed by atoms with E-state index in [0.29, 0.717) is 4.86 Å². The lowest BCUT2D eigenvalue weighted by Crippen LogP contribution is -2.50. The predicted molar refractivity (Wildman–Crippen MR) is 75.0 cm³/mol. The smallest absolute Gasteiger partial charge is 0.430 e. The Hall–Kier alpha value is -1.87. The molecule has 1 heterocycles. The highest BCUT2D eigenvalue weighted by molar-refractivity contribution is 7.80. The fourth-order valence-corrected chi connectivity index (χ4v) is 1.56. The van der Waals surface area contributed by atoms with Crippen LogP contribution in [0, 0.1) is 12.3 Å². The van der Waals surface area contributed by atoms with Crippen molar-refractivity contribution < 1.29 is 14.3 Å². The Kier molecular flexibility index (Phi) is 4.67. The highest BCUT2D eigenvalue weighted by Crippen LogP contribution is 2.15. The molecule has 5 nitrogen and oxygen atoms in total. The molecule has 6 heteroatoms. The molecule has 19 heavy (non-hydrogen) atoms. The Labute approximate surface area is 118 Å². The Balaban J connectivity index is 2.92. The van der Waals surface area contributed by atoms with E-state index in [0.717, 1.165) is 10.0 Å². The minimum atomic E-state index is -0.670. The number of rotatable bonds is 2. The summed E-state index contributed by atoms with van der Waals surface area (Å²) in [6, 6.07) is 0. The van der Waals surface area contributed by atoms with Gasteiger partial charge >= 0.3 is 6.09 Å². The summed E-state index contributed by atoms with van der Waals surface area (Å²) in [5.74, 6) is 2.02. The number of carbonyl (C=O) groups excluding carboxylic acids is 2. The monoisotopic (exact) mass is 280 g/mol. The molecular weight excluding hydrogens is 264 g/mol. The van der Waals surface area contributed by atoms with Crippen molar-refractivity contribution >= 4 is 29.1 Å². The average Bonchev–Trinajstić information content (AvgIpc) is 2.24. The number of hydrogen-bond donors (Lipinski definition) is 0. The summed E-state index contributed by atoms with van der Waals surface area (Å²) in [6.45, 7) is 5.16. The van der Waals surface area contributed by atoms with E-state index in [9.17, 15) is 9.59 Å². The number of amides is 2. The van der Waals surface area contributed by atoms with Crippen LogP contribution < -0.4 is 0 Å². The van der Waals surface area contributed by atoms with Crippen LogP contribution >= 0.6 is 12.2 Å². The van der Waals surface area contributed by atoms with Crippen molar-refractivity contribution in [2.24, 2.45) is 0 Å². The Morgan fingerprint density at radius 2 is 2.26 bits per heavy atom. The van der Waals surface area contributed by atoms with Crippen LogP contribution in [-0.4, -0.2) is 39.0 Å². The van der Waals surface area contributed by atoms with Crippen LogP contribution in [0.2, 0.25) is 0 Å². The van der Waals surface area contributed by atoms with E-state index in [2.05, 4.69) is 5.92 Å². The molecular formula is C13H16N2O3S. The first-order valence-corrected chi connectivity index (χ1v) is 6.12. The maximum absolute atomic E-state index is 12.0. The van der Waals surface area contributed by atoms with Gasteiger partial charge < -0.3 is 4.74 Å². The van der Waals surface area contributed by atoms with Gasteiger partial charge in [-0.25, -0.2) is 9.80 Å². The third-order valence-electron chi connectivity index (χ3n) is 2.09. The van der Waals surface area contributed by atoms with Gasteiger partial charge in [0.2, 0.25) is 0 Å². The Morgan fingerprint density at radius 1 is 1.63 bits per heavy atom. The van der Waals surface area contributed by atoms with Gasteiger partial charge in [0.25, 0.3) is 5.91 Å². The van der Waals surface area contributed by atoms with Gasteiger partial charge in [-0.15, -0.1) is 6.42 Å². The number of nitrogens with zero attached hydrogens (tertiary/aromatic N) is 2. The first-order valence-electron chi connectivity index (χ1n) is 5.71. The van der Waals surface area contributed by atoms with E-state index >= 15 is 0 Å². The molecule has 0 atom stereocenters. The number of carbonyl (C=O) groups is 2. The summed E-state index contributed by atoms with van der Waals surface area (Å²) in [7, 11) is 0. The molecule has 0 fully saturated rings. The van der Waals surface area contributed by atoms with E-state index in [1.54, 1.807) is 26.8 Å². The van der Waals surface area contributed by atoms with Gasteiger partial charge in [-0.05, 0) is 26.8 Å². The molecule has 0 radical (unpaired) electrons. The lowest BCUT2D eigenvalue weighted by molar-refractivity contribution is -0.139. The molecule has 0 spiro atoms. The van der Waals surface area contributed by atoms with E-state index < -0.39 is 11.7 Å². The van der Waals surface area contributed by atoms with E-state index in [4.69, 9.17) is 23.4 Å². The molecule has 0 saturated carbocycles. The van der Waals surface area contributed by atoms with E-state index in [1.807, 2.05) is 0 Å². The standard InChI is InChI=1S/C13H16N2O3S/c1-5-7-15(12(17)18-13(2,3)4)14-8-6-10(19)9-11(14)16/h1,6,8H,7,9H2,2-4H3. The first kappa shape index (κ1) is 15.2. The molecule has 0 bridgehead atoms. The SMILES string of the molecule is C#CCN(C(=O)OC(C)(C)C)N1C=CC(=S)CC1=O. The fourth-order valence-electron chi connectivity index (χ4n) is 1.37. The lowest BCUT2D eigenvalue weighted by atomic mass is 10.2. The summed E-state index contributed by atoms with van der Waals surface area (Å²) in [4.78, 5) is 24.4. The Morgan fingerprint density at radius 3 is 2.74 bits per heavy atom. The number of ether oxygens (including phenoxy) is 1. The van der Waals surface area contributed by atoms with Crippen LogP contribution in [0.1, 0.15) is 27.2 Å². The second-order valence-corrected chi connectivity index (χ2v) is 5.46. The predicted octanol–water partition coefficient (Wildman–Crippen LogP) is 1.89. The van der Waals surface area contributed by atoms with Gasteiger partial charge in [0.1, 0.15) is 12.1 Å². The van der Waals surface area contributed by atoms with Gasteiger partial charge in [-0.3, -0.25) is 4.79 Å². The van der Waals surface area contributed by atoms with Crippen molar-refractivity contribution in [3.8, 4) is 12.3 Å². The zero-order chi connectivity index (χ0) is 14.6. The van der Waals surface area contributed by atoms with Crippen LogP contribution in [0.4, 0.5) is 4.79 Å². The molecule has 0 aromatic carbocycles. The van der Waals surface area contributed by atoms with Crippen molar-refractivity contribution in [1.29, 1.82) is 0 Å². The van der Waals surface area contributed by atoms with E-state index in [1.165, 1.54) is 6.20 Å². The molecule has 0 saturated heterocycles. The number of terminal acetylenes is 1. The zero-order valence-electron chi connectivity index (χ0n) is 11.2. The molecule has 0 unspecified atom stereocenters. The Bertz CT molecular complexity index is 471. The van der Waals surface area contributed by atoms with Crippen molar-refractivity contribution in [2.75, 3.05) is 6.54 Å². The molecule has 1 aliphatic heterocycles. The van der Waals surface area contributed by atoms with Crippen molar-refractivity contribution in [2.45, 2.75) is 32.8 Å². The summed E-state index contributed by atoms with van der Waals surface area (Å²) < 4.78 is 5.21. The lowest BCUT2D eigenvalue weighted by Gasteiger charge is -2.33. The second-order valence-electron chi connectivity index (χ2n) is 4.94. The maximum Gasteiger partial charge on any atom is 0.430 e. The molecule has 102 valence electrons. The first-order chi connectivity index (χ1) is 8.74. The number of thiocarbonyl (C=S) groups is 1. The molecule has 1 rings (SSSR count). The second kappa shape index (κ2) is 5.85. The van der Waals surface area contributed by atoms with Gasteiger partial charge in [0.15, 0.2) is 0 Å². The minimum Gasteiger partial charge on any atom is -0.442 e. The van der Waals surface area contributed by atoms with Crippen LogP contribution in [0.15, 0.2) is 12.3 Å². The number of hydrogen-bond acceptors (Lipinski definition) is 4. The molecule has 0 aromatic heterocycles. The number of allylic oxidation sites excluding steroid dienone is 1. The molecule has 1 aliphatic rings. The molecule has 0 N–H and O–H groups in total. The summed E-state index contributed by atoms with van der Waals surface area (Å²) >= 11 is 4.93. The van der Waals surface area contributed by atoms with Crippen molar-refractivity contribution in [1.82, 2.24) is 10.0 Å². The summed E-state index contributed by atoms with van der Waals surface area (Å²) in [6.07, 6.45) is 7.65. The van der Waals surface area contributed by atoms with Gasteiger partial charge in [-0.2, -0.15) is 5.01 Å². The number of hydrazine groups is 1. The van der Waals surface area contributed by atoms with Crippen molar-refractivity contribution in [3.05, 3.63) is 12.3 Å². The van der Waals surface area contributed by atoms with Gasteiger partial charge in [0, 0.05) is 11.1 Å². The third-order valence-corrected chi connectivity index (χ3v) is 2.37. The zero-order valence-corrected chi connectivity index (χ0v) is 12.0. The van der Waals surface area contributed by atoms with Crippen molar-refractivity contribution in [3.63, 3.8) is 0 Å². The molecule has 0 aromatic rings. The summed E-state index contributed by atoms with van der Waals surface area (Å²) in [5.41, 5.74) is -0.665.